The molecule has 0 rings (SSSR count). The van der Waals surface area contributed by atoms with Gasteiger partial charge in [-0.2, -0.15) is 0 Å². The number of hydrogen-bond donors (Lipinski definition) is 0. The maximum atomic E-state index is 13.0. The van der Waals surface area contributed by atoms with Gasteiger partial charge in [-0.25, -0.2) is 4.39 Å². The van der Waals surface area contributed by atoms with Crippen molar-refractivity contribution in [2.75, 3.05) is 0 Å². The average Bonchev–Trinajstić information content (AvgIpc) is 2.08. The Bertz CT molecular complexity index is 113. The van der Waals surface area contributed by atoms with Crippen LogP contribution in [-0.2, 0) is 0 Å². The molecule has 0 fully saturated rings. The summed E-state index contributed by atoms with van der Waals surface area (Å²) in [6.45, 7) is 7.26. The Morgan fingerprint density at radius 3 is 1.79 bits per heavy atom. The largest absolute Gasteiger partial charge is 0.244 e. The number of halogens is 1. The molecule has 0 saturated carbocycles. The van der Waals surface area contributed by atoms with Crippen LogP contribution in [-0.4, -0.2) is 5.67 Å². The first-order chi connectivity index (χ1) is 6.56. The van der Waals surface area contributed by atoms with E-state index >= 15 is 0 Å². The average molecular weight is 201 g/mol. The first kappa shape index (κ1) is 13.9. The third-order valence-electron chi connectivity index (χ3n) is 2.55. The monoisotopic (exact) mass is 201 g/mol. The molecule has 0 aliphatic rings. The summed E-state index contributed by atoms with van der Waals surface area (Å²) >= 11 is 0. The lowest BCUT2D eigenvalue weighted by molar-refractivity contribution is 0.229. The summed E-state index contributed by atoms with van der Waals surface area (Å²) in [6.07, 6.45) is 10.7. The van der Waals surface area contributed by atoms with Gasteiger partial charge in [-0.15, -0.1) is 0 Å². The topological polar surface area (TPSA) is 0 Å². The van der Waals surface area contributed by atoms with Gasteiger partial charge >= 0.3 is 0 Å². The zero-order chi connectivity index (χ0) is 10.9. The zero-order valence-corrected chi connectivity index (χ0v) is 9.95. The van der Waals surface area contributed by atoms with E-state index in [4.69, 9.17) is 0 Å². The van der Waals surface area contributed by atoms with Crippen molar-refractivity contribution in [1.82, 2.24) is 0 Å². The van der Waals surface area contributed by atoms with E-state index in [9.17, 15) is 4.39 Å². The highest BCUT2D eigenvalue weighted by atomic mass is 19.1. The number of alkyl halides is 1. The Balaban J connectivity index is 2.99. The smallest absolute Gasteiger partial charge is 0.108 e. The highest BCUT2D eigenvalue weighted by Crippen LogP contribution is 2.18. The molecule has 85 valence electrons. The third-order valence-corrected chi connectivity index (χ3v) is 2.55. The van der Waals surface area contributed by atoms with Crippen molar-refractivity contribution < 1.29 is 4.39 Å². The summed E-state index contributed by atoms with van der Waals surface area (Å²) in [5.74, 6) is 0. The summed E-state index contributed by atoms with van der Waals surface area (Å²) in [7, 11) is 0. The van der Waals surface area contributed by atoms with Crippen molar-refractivity contribution in [2.24, 2.45) is 0 Å². The van der Waals surface area contributed by atoms with Crippen molar-refractivity contribution in [1.29, 1.82) is 0 Å². The Hall–Kier alpha value is -0.0700. The second-order valence-corrected chi connectivity index (χ2v) is 4.64. The van der Waals surface area contributed by atoms with Gasteiger partial charge in [-0.3, -0.25) is 0 Å². The van der Waals surface area contributed by atoms with E-state index in [-0.39, 0.29) is 0 Å². The Morgan fingerprint density at radius 2 is 1.36 bits per heavy atom. The Labute approximate surface area is 89.3 Å². The molecule has 0 bridgehead atoms. The molecule has 0 nitrogen and oxygen atoms in total. The highest BCUT2D eigenvalue weighted by molar-refractivity contribution is 4.74. The second-order valence-electron chi connectivity index (χ2n) is 4.64. The molecule has 0 aromatic rings. The van der Waals surface area contributed by atoms with Crippen LogP contribution in [0.2, 0.25) is 0 Å². The fourth-order valence-corrected chi connectivity index (χ4v) is 1.63. The van der Waals surface area contributed by atoms with Gasteiger partial charge in [0.2, 0.25) is 0 Å². The fourth-order valence-electron chi connectivity index (χ4n) is 1.63. The molecule has 0 N–H and O–H groups in total. The molecule has 1 atom stereocenters. The predicted molar refractivity (Wildman–Crippen MR) is 62.1 cm³/mol. The standard InChI is InChI=1S/C13H26F/c1-4-5-6-7-8-9-10-11-12-13(2,3)14/h2,4-12H2,1,3H3. The molecule has 0 aromatic carbocycles. The van der Waals surface area contributed by atoms with Crippen LogP contribution in [0, 0.1) is 6.92 Å². The van der Waals surface area contributed by atoms with Gasteiger partial charge in [-0.05, 0) is 20.3 Å². The third kappa shape index (κ3) is 11.9. The van der Waals surface area contributed by atoms with Crippen LogP contribution in [0.25, 0.3) is 0 Å². The molecule has 1 unspecified atom stereocenters. The lowest BCUT2D eigenvalue weighted by atomic mass is 10.0. The van der Waals surface area contributed by atoms with E-state index in [0.29, 0.717) is 6.42 Å². The van der Waals surface area contributed by atoms with Crippen LogP contribution in [0.1, 0.15) is 71.6 Å². The van der Waals surface area contributed by atoms with Gasteiger partial charge in [0.15, 0.2) is 0 Å². The maximum Gasteiger partial charge on any atom is 0.108 e. The molecular weight excluding hydrogens is 175 g/mol. The molecule has 0 spiro atoms. The summed E-state index contributed by atoms with van der Waals surface area (Å²) in [6, 6.07) is 0. The van der Waals surface area contributed by atoms with E-state index in [1.165, 1.54) is 44.9 Å². The summed E-state index contributed by atoms with van der Waals surface area (Å²) in [4.78, 5) is 0. The van der Waals surface area contributed by atoms with Crippen molar-refractivity contribution in [3.63, 3.8) is 0 Å². The normalized spacial score (nSPS) is 12.0. The minimum atomic E-state index is -1.21. The van der Waals surface area contributed by atoms with E-state index in [1.807, 2.05) is 0 Å². The number of rotatable bonds is 9. The van der Waals surface area contributed by atoms with E-state index in [2.05, 4.69) is 13.8 Å². The lowest BCUT2D eigenvalue weighted by Crippen LogP contribution is -2.11. The molecule has 0 amide bonds. The molecule has 1 heteroatoms. The van der Waals surface area contributed by atoms with Gasteiger partial charge in [0.05, 0.1) is 0 Å². The number of unbranched alkanes of at least 4 members (excludes halogenated alkanes) is 7. The quantitative estimate of drug-likeness (QED) is 0.456. The first-order valence-corrected chi connectivity index (χ1v) is 6.10. The molecule has 0 aliphatic heterocycles. The first-order valence-electron chi connectivity index (χ1n) is 6.10. The van der Waals surface area contributed by atoms with Gasteiger partial charge in [-0.1, -0.05) is 58.3 Å². The number of hydrogen-bond acceptors (Lipinski definition) is 0. The van der Waals surface area contributed by atoms with Crippen molar-refractivity contribution in [2.45, 2.75) is 77.3 Å². The minimum absolute atomic E-state index is 0.613. The molecule has 0 saturated heterocycles. The van der Waals surface area contributed by atoms with Crippen molar-refractivity contribution >= 4 is 0 Å². The van der Waals surface area contributed by atoms with Gasteiger partial charge in [0.25, 0.3) is 0 Å². The lowest BCUT2D eigenvalue weighted by Gasteiger charge is -2.12. The van der Waals surface area contributed by atoms with Gasteiger partial charge in [0.1, 0.15) is 5.67 Å². The van der Waals surface area contributed by atoms with Crippen LogP contribution in [0.3, 0.4) is 0 Å². The van der Waals surface area contributed by atoms with Crippen molar-refractivity contribution in [3.05, 3.63) is 6.92 Å². The zero-order valence-electron chi connectivity index (χ0n) is 9.95. The molecule has 14 heavy (non-hydrogen) atoms. The van der Waals surface area contributed by atoms with Gasteiger partial charge in [0, 0.05) is 0 Å². The van der Waals surface area contributed by atoms with Crippen LogP contribution < -0.4 is 0 Å². The van der Waals surface area contributed by atoms with Gasteiger partial charge < -0.3 is 0 Å². The van der Waals surface area contributed by atoms with Crippen LogP contribution >= 0.6 is 0 Å². The summed E-state index contributed by atoms with van der Waals surface area (Å²) in [5.41, 5.74) is -1.21. The van der Waals surface area contributed by atoms with E-state index in [1.54, 1.807) is 6.92 Å². The molecule has 0 heterocycles. The Kier molecular flexibility index (Phi) is 8.21. The van der Waals surface area contributed by atoms with E-state index < -0.39 is 5.67 Å². The summed E-state index contributed by atoms with van der Waals surface area (Å²) < 4.78 is 13.0. The second kappa shape index (κ2) is 8.26. The molecule has 0 aliphatic carbocycles. The Morgan fingerprint density at radius 1 is 0.929 bits per heavy atom. The molecule has 1 radical (unpaired) electrons. The van der Waals surface area contributed by atoms with Crippen LogP contribution in [0.4, 0.5) is 4.39 Å². The van der Waals surface area contributed by atoms with Crippen molar-refractivity contribution in [3.8, 4) is 0 Å². The minimum Gasteiger partial charge on any atom is -0.244 e. The fraction of sp³-hybridized carbons (Fsp3) is 0.923. The SMILES string of the molecule is [CH2]C(C)(F)CCCCCCCCCC. The van der Waals surface area contributed by atoms with Crippen LogP contribution in [0.5, 0.6) is 0 Å². The van der Waals surface area contributed by atoms with E-state index in [0.717, 1.165) is 6.42 Å². The van der Waals surface area contributed by atoms with Crippen LogP contribution in [0.15, 0.2) is 0 Å². The predicted octanol–water partition coefficient (Wildman–Crippen LogP) is 5.08. The highest BCUT2D eigenvalue weighted by Gasteiger charge is 2.13. The molecule has 0 aromatic heterocycles. The summed E-state index contributed by atoms with van der Waals surface area (Å²) in [5, 5.41) is 0. The maximum absolute atomic E-state index is 13.0. The molecular formula is C13H26F.